The van der Waals surface area contributed by atoms with Crippen molar-refractivity contribution in [2.45, 2.75) is 44.6 Å². The van der Waals surface area contributed by atoms with Crippen LogP contribution >= 0.6 is 0 Å². The molecule has 2 aromatic carbocycles. The van der Waals surface area contributed by atoms with Crippen molar-refractivity contribution in [3.63, 3.8) is 0 Å². The van der Waals surface area contributed by atoms with Crippen LogP contribution in [0.2, 0.25) is 0 Å². The van der Waals surface area contributed by atoms with E-state index in [0.717, 1.165) is 48.1 Å². The van der Waals surface area contributed by atoms with Gasteiger partial charge in [0.15, 0.2) is 6.29 Å². The van der Waals surface area contributed by atoms with E-state index in [1.165, 1.54) is 13.2 Å². The van der Waals surface area contributed by atoms with Crippen molar-refractivity contribution in [3.05, 3.63) is 58.7 Å². The van der Waals surface area contributed by atoms with Crippen molar-refractivity contribution in [3.8, 4) is 11.5 Å². The first-order chi connectivity index (χ1) is 14.0. The number of esters is 1. The largest absolute Gasteiger partial charge is 0.507 e. The summed E-state index contributed by atoms with van der Waals surface area (Å²) in [6.45, 7) is 1.94. The number of aldehydes is 1. The standard InChI is InChI=1S/C24H26O5/c1-14(24(27)28-2)23(16-4-5-16)18-6-3-15-8-10-21(29-22(15)12-18)17-7-9-20(26)19(11-17)13-25/h3,6-7,9,11-14,16,21,23,26H,4-5,8,10H2,1-2H3. The van der Waals surface area contributed by atoms with E-state index in [1.54, 1.807) is 12.1 Å². The molecular formula is C24H26O5. The van der Waals surface area contributed by atoms with Crippen LogP contribution < -0.4 is 4.74 Å². The van der Waals surface area contributed by atoms with Crippen molar-refractivity contribution >= 4 is 12.3 Å². The van der Waals surface area contributed by atoms with Crippen LogP contribution in [0.3, 0.4) is 0 Å². The van der Waals surface area contributed by atoms with E-state index >= 15 is 0 Å². The Morgan fingerprint density at radius 1 is 1.21 bits per heavy atom. The molecule has 4 rings (SSSR count). The highest BCUT2D eigenvalue weighted by Crippen LogP contribution is 2.48. The molecule has 0 aromatic heterocycles. The highest BCUT2D eigenvalue weighted by atomic mass is 16.5. The van der Waals surface area contributed by atoms with Gasteiger partial charge in [-0.3, -0.25) is 9.59 Å². The smallest absolute Gasteiger partial charge is 0.309 e. The van der Waals surface area contributed by atoms with Gasteiger partial charge in [-0.2, -0.15) is 0 Å². The lowest BCUT2D eigenvalue weighted by Gasteiger charge is -2.29. The van der Waals surface area contributed by atoms with Crippen LogP contribution in [-0.4, -0.2) is 24.5 Å². The summed E-state index contributed by atoms with van der Waals surface area (Å²) >= 11 is 0. The van der Waals surface area contributed by atoms with Gasteiger partial charge in [-0.1, -0.05) is 25.1 Å². The maximum absolute atomic E-state index is 12.2. The molecule has 1 heterocycles. The number of phenols is 1. The van der Waals surface area contributed by atoms with Crippen LogP contribution in [-0.2, 0) is 16.0 Å². The number of fused-ring (bicyclic) bond motifs is 1. The predicted octanol–water partition coefficient (Wildman–Crippen LogP) is 4.57. The topological polar surface area (TPSA) is 72.8 Å². The fraction of sp³-hybridized carbons (Fsp3) is 0.417. The Kier molecular flexibility index (Phi) is 5.31. The minimum atomic E-state index is -0.197. The zero-order valence-electron chi connectivity index (χ0n) is 16.8. The van der Waals surface area contributed by atoms with Gasteiger partial charge in [0.25, 0.3) is 0 Å². The Morgan fingerprint density at radius 3 is 2.69 bits per heavy atom. The van der Waals surface area contributed by atoms with Gasteiger partial charge in [-0.05, 0) is 72.4 Å². The van der Waals surface area contributed by atoms with E-state index in [9.17, 15) is 14.7 Å². The molecule has 3 atom stereocenters. The van der Waals surface area contributed by atoms with Crippen LogP contribution in [0.15, 0.2) is 36.4 Å². The number of phenolic OH excluding ortho intramolecular Hbond substituents is 1. The number of methoxy groups -OCH3 is 1. The van der Waals surface area contributed by atoms with Gasteiger partial charge in [0, 0.05) is 0 Å². The summed E-state index contributed by atoms with van der Waals surface area (Å²) in [5.74, 6) is 1.08. The fourth-order valence-electron chi connectivity index (χ4n) is 4.45. The van der Waals surface area contributed by atoms with Crippen molar-refractivity contribution < 1.29 is 24.2 Å². The number of aromatic hydroxyl groups is 1. The molecule has 2 aliphatic rings. The van der Waals surface area contributed by atoms with Crippen molar-refractivity contribution in [1.82, 2.24) is 0 Å². The van der Waals surface area contributed by atoms with Gasteiger partial charge < -0.3 is 14.6 Å². The molecular weight excluding hydrogens is 368 g/mol. The Labute approximate surface area is 170 Å². The molecule has 152 valence electrons. The summed E-state index contributed by atoms with van der Waals surface area (Å²) in [6.07, 6.45) is 4.43. The molecule has 2 aromatic rings. The fourth-order valence-corrected chi connectivity index (χ4v) is 4.45. The molecule has 3 unspecified atom stereocenters. The Morgan fingerprint density at radius 2 is 2.00 bits per heavy atom. The van der Waals surface area contributed by atoms with Gasteiger partial charge >= 0.3 is 5.97 Å². The highest BCUT2D eigenvalue weighted by Gasteiger charge is 2.39. The summed E-state index contributed by atoms with van der Waals surface area (Å²) in [7, 11) is 1.44. The van der Waals surface area contributed by atoms with E-state index in [2.05, 4.69) is 18.2 Å². The lowest BCUT2D eigenvalue weighted by molar-refractivity contribution is -0.145. The number of hydrogen-bond acceptors (Lipinski definition) is 5. The molecule has 0 spiro atoms. The average molecular weight is 394 g/mol. The Balaban J connectivity index is 1.61. The third-order valence-electron chi connectivity index (χ3n) is 6.21. The second-order valence-electron chi connectivity index (χ2n) is 8.12. The Hall–Kier alpha value is -2.82. The molecule has 0 bridgehead atoms. The second-order valence-corrected chi connectivity index (χ2v) is 8.12. The molecule has 1 N–H and O–H groups in total. The maximum Gasteiger partial charge on any atom is 0.309 e. The molecule has 1 aliphatic carbocycles. The lowest BCUT2D eigenvalue weighted by atomic mass is 9.82. The predicted molar refractivity (Wildman–Crippen MR) is 108 cm³/mol. The zero-order chi connectivity index (χ0) is 20.5. The number of benzene rings is 2. The average Bonchev–Trinajstić information content (AvgIpc) is 3.58. The minimum Gasteiger partial charge on any atom is -0.507 e. The summed E-state index contributed by atoms with van der Waals surface area (Å²) in [4.78, 5) is 23.3. The number of aryl methyl sites for hydroxylation is 1. The lowest BCUT2D eigenvalue weighted by Crippen LogP contribution is -2.23. The number of rotatable bonds is 6. The number of carbonyl (C=O) groups is 2. The zero-order valence-corrected chi connectivity index (χ0v) is 16.8. The summed E-state index contributed by atoms with van der Waals surface area (Å²) in [6, 6.07) is 11.3. The van der Waals surface area contributed by atoms with Crippen LogP contribution in [0, 0.1) is 11.8 Å². The quantitative estimate of drug-likeness (QED) is 0.574. The number of hydrogen-bond donors (Lipinski definition) is 1. The van der Waals surface area contributed by atoms with Crippen molar-refractivity contribution in [2.75, 3.05) is 7.11 Å². The minimum absolute atomic E-state index is 0.0219. The van der Waals surface area contributed by atoms with E-state index < -0.39 is 0 Å². The third kappa shape index (κ3) is 3.86. The number of ether oxygens (including phenoxy) is 2. The van der Waals surface area contributed by atoms with Crippen LogP contribution in [0.1, 0.15) is 65.3 Å². The maximum atomic E-state index is 12.2. The molecule has 0 saturated heterocycles. The normalized spacial score (nSPS) is 20.1. The van der Waals surface area contributed by atoms with E-state index in [1.807, 2.05) is 6.92 Å². The molecule has 1 saturated carbocycles. The van der Waals surface area contributed by atoms with Gasteiger partial charge in [0.2, 0.25) is 0 Å². The van der Waals surface area contributed by atoms with Crippen molar-refractivity contribution in [2.24, 2.45) is 11.8 Å². The second kappa shape index (κ2) is 7.90. The van der Waals surface area contributed by atoms with E-state index in [-0.39, 0.29) is 35.2 Å². The first kappa shape index (κ1) is 19.5. The van der Waals surface area contributed by atoms with Gasteiger partial charge in [0.05, 0.1) is 18.6 Å². The first-order valence-corrected chi connectivity index (χ1v) is 10.2. The van der Waals surface area contributed by atoms with Gasteiger partial charge in [0.1, 0.15) is 17.6 Å². The molecule has 1 fully saturated rings. The monoisotopic (exact) mass is 394 g/mol. The first-order valence-electron chi connectivity index (χ1n) is 10.2. The van der Waals surface area contributed by atoms with E-state index in [0.29, 0.717) is 12.2 Å². The highest BCUT2D eigenvalue weighted by molar-refractivity contribution is 5.79. The molecule has 29 heavy (non-hydrogen) atoms. The summed E-state index contributed by atoms with van der Waals surface area (Å²) in [5.41, 5.74) is 3.41. The van der Waals surface area contributed by atoms with Gasteiger partial charge in [-0.15, -0.1) is 0 Å². The summed E-state index contributed by atoms with van der Waals surface area (Å²) < 4.78 is 11.3. The van der Waals surface area contributed by atoms with Crippen LogP contribution in [0.25, 0.3) is 0 Å². The molecule has 1 aliphatic heterocycles. The van der Waals surface area contributed by atoms with Crippen LogP contribution in [0.5, 0.6) is 11.5 Å². The summed E-state index contributed by atoms with van der Waals surface area (Å²) in [5, 5.41) is 9.75. The van der Waals surface area contributed by atoms with Gasteiger partial charge in [-0.25, -0.2) is 0 Å². The van der Waals surface area contributed by atoms with Crippen molar-refractivity contribution in [1.29, 1.82) is 0 Å². The SMILES string of the molecule is COC(=O)C(C)C(c1ccc2c(c1)OC(c1ccc(O)c(C=O)c1)CC2)C1CC1. The molecule has 5 heteroatoms. The molecule has 5 nitrogen and oxygen atoms in total. The van der Waals surface area contributed by atoms with Crippen LogP contribution in [0.4, 0.5) is 0 Å². The Bertz CT molecular complexity index is 931. The molecule has 0 amide bonds. The van der Waals surface area contributed by atoms with E-state index in [4.69, 9.17) is 9.47 Å². The third-order valence-corrected chi connectivity index (χ3v) is 6.21. The molecule has 0 radical (unpaired) electrons. The number of carbonyl (C=O) groups excluding carboxylic acids is 2.